The molecule has 5 nitrogen and oxygen atoms in total. The highest BCUT2D eigenvalue weighted by Gasteiger charge is 2.30. The molecule has 27 heavy (non-hydrogen) atoms. The number of thiophene rings is 1. The highest BCUT2D eigenvalue weighted by molar-refractivity contribution is 7.17. The van der Waals surface area contributed by atoms with Gasteiger partial charge in [-0.2, -0.15) is 13.2 Å². The molecule has 142 valence electrons. The zero-order valence-corrected chi connectivity index (χ0v) is 15.1. The highest BCUT2D eigenvalue weighted by atomic mass is 32.1. The van der Waals surface area contributed by atoms with E-state index in [-0.39, 0.29) is 12.1 Å². The third-order valence-corrected chi connectivity index (χ3v) is 5.43. The van der Waals surface area contributed by atoms with E-state index in [0.29, 0.717) is 34.8 Å². The lowest BCUT2D eigenvalue weighted by molar-refractivity contribution is -0.137. The van der Waals surface area contributed by atoms with Gasteiger partial charge in [-0.1, -0.05) is 12.1 Å². The van der Waals surface area contributed by atoms with E-state index in [1.54, 1.807) is 17.5 Å². The topological polar surface area (TPSA) is 50.2 Å². The Morgan fingerprint density at radius 1 is 1.19 bits per heavy atom. The van der Waals surface area contributed by atoms with Crippen molar-refractivity contribution in [1.29, 1.82) is 0 Å². The van der Waals surface area contributed by atoms with Crippen LogP contribution < -0.4 is 15.8 Å². The normalized spacial score (nSPS) is 15.4. The summed E-state index contributed by atoms with van der Waals surface area (Å²) in [6.45, 7) is 2.94. The first-order chi connectivity index (χ1) is 12.9. The second kappa shape index (κ2) is 6.97. The van der Waals surface area contributed by atoms with E-state index in [1.165, 1.54) is 22.0 Å². The Hall–Kier alpha value is -2.39. The smallest absolute Gasteiger partial charge is 0.340 e. The summed E-state index contributed by atoms with van der Waals surface area (Å²) in [4.78, 5) is 19.6. The van der Waals surface area contributed by atoms with Crippen LogP contribution in [0.1, 0.15) is 11.1 Å². The van der Waals surface area contributed by atoms with Gasteiger partial charge < -0.3 is 10.2 Å². The first-order valence-electron chi connectivity index (χ1n) is 8.53. The maximum Gasteiger partial charge on any atom is 0.416 e. The quantitative estimate of drug-likeness (QED) is 0.742. The molecule has 1 aromatic carbocycles. The van der Waals surface area contributed by atoms with E-state index < -0.39 is 11.7 Å². The van der Waals surface area contributed by atoms with Crippen LogP contribution in [0.4, 0.5) is 19.1 Å². The zero-order chi connectivity index (χ0) is 19.0. The van der Waals surface area contributed by atoms with E-state index >= 15 is 0 Å². The SMILES string of the molecule is O=c1c2sccc2nc(N2CCNCC2)n1Cc1cccc(C(F)(F)F)c1. The Kier molecular flexibility index (Phi) is 4.65. The number of nitrogens with zero attached hydrogens (tertiary/aromatic N) is 3. The van der Waals surface area contributed by atoms with Crippen molar-refractivity contribution < 1.29 is 13.2 Å². The summed E-state index contributed by atoms with van der Waals surface area (Å²) < 4.78 is 41.1. The molecule has 1 saturated heterocycles. The van der Waals surface area contributed by atoms with Crippen molar-refractivity contribution in [2.24, 2.45) is 0 Å². The molecular formula is C18H17F3N4OS. The van der Waals surface area contributed by atoms with E-state index in [1.807, 2.05) is 4.90 Å². The summed E-state index contributed by atoms with van der Waals surface area (Å²) in [7, 11) is 0. The van der Waals surface area contributed by atoms with Crippen molar-refractivity contribution in [2.75, 3.05) is 31.1 Å². The second-order valence-corrected chi connectivity index (χ2v) is 7.29. The maximum absolute atomic E-state index is 13.0. The number of alkyl halides is 3. The fourth-order valence-electron chi connectivity index (χ4n) is 3.21. The number of fused-ring (bicyclic) bond motifs is 1. The lowest BCUT2D eigenvalue weighted by Gasteiger charge is -2.30. The summed E-state index contributed by atoms with van der Waals surface area (Å²) in [5, 5.41) is 5.05. The summed E-state index contributed by atoms with van der Waals surface area (Å²) in [6, 6.07) is 6.88. The van der Waals surface area contributed by atoms with E-state index in [4.69, 9.17) is 0 Å². The monoisotopic (exact) mass is 394 g/mol. The lowest BCUT2D eigenvalue weighted by Crippen LogP contribution is -2.46. The Labute approximate surface area is 157 Å². The fraction of sp³-hybridized carbons (Fsp3) is 0.333. The number of anilines is 1. The lowest BCUT2D eigenvalue weighted by atomic mass is 10.1. The van der Waals surface area contributed by atoms with Crippen LogP contribution >= 0.6 is 11.3 Å². The van der Waals surface area contributed by atoms with Crippen molar-refractivity contribution in [3.63, 3.8) is 0 Å². The van der Waals surface area contributed by atoms with E-state index in [9.17, 15) is 18.0 Å². The van der Waals surface area contributed by atoms with Gasteiger partial charge in [0.2, 0.25) is 5.95 Å². The Bertz CT molecular complexity index is 1020. The van der Waals surface area contributed by atoms with Crippen molar-refractivity contribution in [3.05, 3.63) is 57.2 Å². The Morgan fingerprint density at radius 2 is 1.96 bits per heavy atom. The zero-order valence-electron chi connectivity index (χ0n) is 14.3. The molecule has 2 aromatic heterocycles. The molecule has 3 heterocycles. The molecule has 9 heteroatoms. The van der Waals surface area contributed by atoms with Gasteiger partial charge in [-0.05, 0) is 29.1 Å². The summed E-state index contributed by atoms with van der Waals surface area (Å²) >= 11 is 1.29. The predicted molar refractivity (Wildman–Crippen MR) is 99.5 cm³/mol. The Balaban J connectivity index is 1.80. The summed E-state index contributed by atoms with van der Waals surface area (Å²) in [6.07, 6.45) is -4.42. The van der Waals surface area contributed by atoms with Crippen molar-refractivity contribution in [1.82, 2.24) is 14.9 Å². The van der Waals surface area contributed by atoms with Crippen molar-refractivity contribution in [2.45, 2.75) is 12.7 Å². The van der Waals surface area contributed by atoms with Crippen LogP contribution in [-0.2, 0) is 12.7 Å². The van der Waals surface area contributed by atoms with Gasteiger partial charge in [0.05, 0.1) is 17.6 Å². The summed E-state index contributed by atoms with van der Waals surface area (Å²) in [5.41, 5.74) is 0.0997. The van der Waals surface area contributed by atoms with Gasteiger partial charge in [0.1, 0.15) is 4.70 Å². The molecule has 0 amide bonds. The minimum atomic E-state index is -4.42. The molecule has 3 aromatic rings. The number of halogens is 3. The number of rotatable bonds is 3. The van der Waals surface area contributed by atoms with Gasteiger partial charge in [0.15, 0.2) is 0 Å². The van der Waals surface area contributed by atoms with Crippen molar-refractivity contribution in [3.8, 4) is 0 Å². The molecule has 0 radical (unpaired) electrons. The first kappa shape index (κ1) is 18.0. The van der Waals surface area contributed by atoms with Crippen LogP contribution in [0.3, 0.4) is 0 Å². The Morgan fingerprint density at radius 3 is 2.70 bits per heavy atom. The average Bonchev–Trinajstić information content (AvgIpc) is 3.13. The first-order valence-corrected chi connectivity index (χ1v) is 9.41. The molecule has 1 N–H and O–H groups in total. The molecule has 0 unspecified atom stereocenters. The third kappa shape index (κ3) is 3.57. The number of aromatic nitrogens is 2. The second-order valence-electron chi connectivity index (χ2n) is 6.37. The average molecular weight is 394 g/mol. The van der Waals surface area contributed by atoms with Crippen LogP contribution in [0.25, 0.3) is 10.2 Å². The van der Waals surface area contributed by atoms with Crippen molar-refractivity contribution >= 4 is 27.5 Å². The minimum absolute atomic E-state index is 0.0445. The molecule has 0 saturated carbocycles. The van der Waals surface area contributed by atoms with Crippen LogP contribution in [0, 0.1) is 0 Å². The molecule has 0 bridgehead atoms. The number of piperazine rings is 1. The van der Waals surface area contributed by atoms with Gasteiger partial charge in [0.25, 0.3) is 5.56 Å². The largest absolute Gasteiger partial charge is 0.416 e. The summed E-state index contributed by atoms with van der Waals surface area (Å²) in [5.74, 6) is 0.504. The van der Waals surface area contributed by atoms with Gasteiger partial charge in [0, 0.05) is 26.2 Å². The van der Waals surface area contributed by atoms with Crippen LogP contribution in [0.2, 0.25) is 0 Å². The van der Waals surface area contributed by atoms with E-state index in [2.05, 4.69) is 10.3 Å². The molecule has 0 aliphatic carbocycles. The molecule has 0 atom stereocenters. The van der Waals surface area contributed by atoms with Crippen LogP contribution in [-0.4, -0.2) is 35.7 Å². The maximum atomic E-state index is 13.0. The number of hydrogen-bond donors (Lipinski definition) is 1. The highest BCUT2D eigenvalue weighted by Crippen LogP contribution is 2.30. The van der Waals surface area contributed by atoms with Crippen LogP contribution in [0.15, 0.2) is 40.5 Å². The van der Waals surface area contributed by atoms with Gasteiger partial charge in [-0.25, -0.2) is 4.98 Å². The van der Waals surface area contributed by atoms with Gasteiger partial charge >= 0.3 is 6.18 Å². The van der Waals surface area contributed by atoms with Gasteiger partial charge in [-0.15, -0.1) is 11.3 Å². The van der Waals surface area contributed by atoms with E-state index in [0.717, 1.165) is 25.2 Å². The fourth-order valence-corrected chi connectivity index (χ4v) is 3.99. The third-order valence-electron chi connectivity index (χ3n) is 4.54. The molecule has 1 aliphatic heterocycles. The van der Waals surface area contributed by atoms with Crippen LogP contribution in [0.5, 0.6) is 0 Å². The molecule has 0 spiro atoms. The molecule has 4 rings (SSSR count). The molecule has 1 aliphatic rings. The number of hydrogen-bond acceptors (Lipinski definition) is 5. The minimum Gasteiger partial charge on any atom is -0.340 e. The predicted octanol–water partition coefficient (Wildman–Crippen LogP) is 2.93. The van der Waals surface area contributed by atoms with Gasteiger partial charge in [-0.3, -0.25) is 9.36 Å². The number of benzene rings is 1. The molecule has 1 fully saturated rings. The molecular weight excluding hydrogens is 377 g/mol. The number of nitrogens with one attached hydrogen (secondary N) is 1. The standard InChI is InChI=1S/C18H17F3N4OS/c19-18(20,21)13-3-1-2-12(10-13)11-25-16(26)15-14(4-9-27-15)23-17(25)24-7-5-22-6-8-24/h1-4,9-10,22H,5-8,11H2.